The van der Waals surface area contributed by atoms with E-state index in [1.807, 2.05) is 30.3 Å². The third-order valence-corrected chi connectivity index (χ3v) is 7.62. The standard InChI is InChI=1S/C28H33N5O2/c1-35-25-4-2-3-18-5-10-24(27(18)25)32-26-12-6-19-17-21(7-11-23(19)31-26)30-28(34)29-20-13-15-33(16-14-20)22-8-9-22/h2-4,6-7,11-12,17,20,22,24H,5,8-10,13-16H2,1H3,(H,31,32)(H2,29,30,34). The van der Waals surface area contributed by atoms with Gasteiger partial charge in [-0.1, -0.05) is 12.1 Å². The highest BCUT2D eigenvalue weighted by Crippen LogP contribution is 2.39. The molecule has 0 radical (unpaired) electrons. The Hall–Kier alpha value is -3.32. The molecule has 3 aliphatic rings. The van der Waals surface area contributed by atoms with Crippen molar-refractivity contribution in [1.82, 2.24) is 15.2 Å². The van der Waals surface area contributed by atoms with Gasteiger partial charge in [0.1, 0.15) is 11.6 Å². The zero-order chi connectivity index (χ0) is 23.8. The van der Waals surface area contributed by atoms with Gasteiger partial charge in [-0.3, -0.25) is 0 Å². The number of amides is 2. The summed E-state index contributed by atoms with van der Waals surface area (Å²) in [6, 6.07) is 17.3. The van der Waals surface area contributed by atoms with Gasteiger partial charge in [-0.15, -0.1) is 0 Å². The monoisotopic (exact) mass is 471 g/mol. The molecule has 182 valence electrons. The predicted molar refractivity (Wildman–Crippen MR) is 139 cm³/mol. The molecule has 3 aromatic rings. The summed E-state index contributed by atoms with van der Waals surface area (Å²) in [6.07, 6.45) is 6.80. The van der Waals surface area contributed by atoms with E-state index in [4.69, 9.17) is 9.72 Å². The molecule has 2 aromatic carbocycles. The van der Waals surface area contributed by atoms with Crippen molar-refractivity contribution in [2.24, 2.45) is 0 Å². The summed E-state index contributed by atoms with van der Waals surface area (Å²) >= 11 is 0. The van der Waals surface area contributed by atoms with Crippen LogP contribution in [-0.2, 0) is 6.42 Å². The van der Waals surface area contributed by atoms with Crippen LogP contribution in [0, 0.1) is 0 Å². The van der Waals surface area contributed by atoms with E-state index in [2.05, 4.69) is 39.0 Å². The molecule has 1 unspecified atom stereocenters. The fraction of sp³-hybridized carbons (Fsp3) is 0.429. The number of hydrogen-bond donors (Lipinski definition) is 3. The van der Waals surface area contributed by atoms with E-state index >= 15 is 0 Å². The molecule has 7 heteroatoms. The lowest BCUT2D eigenvalue weighted by Crippen LogP contribution is -2.46. The van der Waals surface area contributed by atoms with Crippen molar-refractivity contribution in [3.05, 3.63) is 59.7 Å². The molecular formula is C28H33N5O2. The Bertz CT molecular complexity index is 1230. The minimum Gasteiger partial charge on any atom is -0.496 e. The van der Waals surface area contributed by atoms with Gasteiger partial charge in [-0.05, 0) is 80.5 Å². The third-order valence-electron chi connectivity index (χ3n) is 7.62. The number of pyridine rings is 1. The Morgan fingerprint density at radius 1 is 1.03 bits per heavy atom. The first-order valence-corrected chi connectivity index (χ1v) is 12.8. The van der Waals surface area contributed by atoms with Crippen molar-refractivity contribution in [3.8, 4) is 5.75 Å². The lowest BCUT2D eigenvalue weighted by Gasteiger charge is -2.32. The molecule has 35 heavy (non-hydrogen) atoms. The quantitative estimate of drug-likeness (QED) is 0.467. The number of hydrogen-bond acceptors (Lipinski definition) is 5. The second kappa shape index (κ2) is 9.38. The molecule has 2 fully saturated rings. The number of likely N-dealkylation sites (tertiary alicyclic amines) is 1. The molecule has 1 saturated carbocycles. The Kier molecular flexibility index (Phi) is 5.94. The molecule has 1 aliphatic heterocycles. The fourth-order valence-electron chi connectivity index (χ4n) is 5.63. The van der Waals surface area contributed by atoms with Gasteiger partial charge < -0.3 is 25.6 Å². The fourth-order valence-corrected chi connectivity index (χ4v) is 5.63. The summed E-state index contributed by atoms with van der Waals surface area (Å²) in [6.45, 7) is 2.18. The number of aryl methyl sites for hydroxylation is 1. The summed E-state index contributed by atoms with van der Waals surface area (Å²) in [7, 11) is 1.73. The van der Waals surface area contributed by atoms with Crippen LogP contribution in [-0.4, -0.2) is 48.2 Å². The van der Waals surface area contributed by atoms with E-state index in [0.29, 0.717) is 0 Å². The van der Waals surface area contributed by atoms with Crippen LogP contribution in [0.3, 0.4) is 0 Å². The van der Waals surface area contributed by atoms with Crippen molar-refractivity contribution >= 4 is 28.4 Å². The van der Waals surface area contributed by atoms with Crippen LogP contribution in [0.4, 0.5) is 16.3 Å². The van der Waals surface area contributed by atoms with Crippen LogP contribution < -0.4 is 20.7 Å². The first kappa shape index (κ1) is 22.2. The molecule has 1 saturated heterocycles. The van der Waals surface area contributed by atoms with Crippen molar-refractivity contribution < 1.29 is 9.53 Å². The van der Waals surface area contributed by atoms with E-state index in [0.717, 1.165) is 73.0 Å². The average molecular weight is 472 g/mol. The third kappa shape index (κ3) is 4.78. The van der Waals surface area contributed by atoms with Crippen molar-refractivity contribution in [2.45, 2.75) is 56.7 Å². The number of aromatic nitrogens is 1. The van der Waals surface area contributed by atoms with E-state index < -0.39 is 0 Å². The van der Waals surface area contributed by atoms with Gasteiger partial charge >= 0.3 is 6.03 Å². The molecule has 7 nitrogen and oxygen atoms in total. The summed E-state index contributed by atoms with van der Waals surface area (Å²) in [5.41, 5.74) is 4.25. The molecular weight excluding hydrogens is 438 g/mol. The van der Waals surface area contributed by atoms with Crippen molar-refractivity contribution in [2.75, 3.05) is 30.8 Å². The minimum absolute atomic E-state index is 0.130. The lowest BCUT2D eigenvalue weighted by atomic mass is 10.1. The van der Waals surface area contributed by atoms with E-state index in [1.54, 1.807) is 7.11 Å². The molecule has 2 amide bonds. The molecule has 6 rings (SSSR count). The van der Waals surface area contributed by atoms with Gasteiger partial charge in [0.2, 0.25) is 0 Å². The van der Waals surface area contributed by atoms with Gasteiger partial charge in [0, 0.05) is 41.8 Å². The molecule has 0 bridgehead atoms. The van der Waals surface area contributed by atoms with Crippen LogP contribution in [0.25, 0.3) is 10.9 Å². The lowest BCUT2D eigenvalue weighted by molar-refractivity contribution is 0.189. The highest BCUT2D eigenvalue weighted by molar-refractivity contribution is 5.93. The summed E-state index contributed by atoms with van der Waals surface area (Å²) < 4.78 is 5.60. The number of carbonyl (C=O) groups excluding carboxylic acids is 1. The average Bonchev–Trinajstić information content (AvgIpc) is 3.65. The maximum atomic E-state index is 12.6. The number of urea groups is 1. The Labute approximate surface area is 206 Å². The number of rotatable bonds is 6. The van der Waals surface area contributed by atoms with Gasteiger partial charge in [-0.2, -0.15) is 0 Å². The molecule has 3 N–H and O–H groups in total. The largest absolute Gasteiger partial charge is 0.496 e. The predicted octanol–water partition coefficient (Wildman–Crippen LogP) is 5.09. The second-order valence-electron chi connectivity index (χ2n) is 10.0. The highest BCUT2D eigenvalue weighted by Gasteiger charge is 2.32. The van der Waals surface area contributed by atoms with E-state index in [-0.39, 0.29) is 18.1 Å². The summed E-state index contributed by atoms with van der Waals surface area (Å²) in [5, 5.41) is 10.7. The molecule has 0 spiro atoms. The van der Waals surface area contributed by atoms with Crippen LogP contribution in [0.15, 0.2) is 48.5 Å². The zero-order valence-electron chi connectivity index (χ0n) is 20.2. The van der Waals surface area contributed by atoms with E-state index in [1.165, 1.54) is 24.0 Å². The molecule has 1 atom stereocenters. The smallest absolute Gasteiger partial charge is 0.319 e. The molecule has 2 heterocycles. The van der Waals surface area contributed by atoms with Crippen molar-refractivity contribution in [1.29, 1.82) is 0 Å². The van der Waals surface area contributed by atoms with Gasteiger partial charge in [0.25, 0.3) is 0 Å². The number of piperidine rings is 1. The zero-order valence-corrected chi connectivity index (χ0v) is 20.2. The summed E-state index contributed by atoms with van der Waals surface area (Å²) in [5.74, 6) is 1.78. The van der Waals surface area contributed by atoms with Gasteiger partial charge in [0.05, 0.1) is 18.7 Å². The topological polar surface area (TPSA) is 78.5 Å². The number of benzene rings is 2. The number of methoxy groups -OCH3 is 1. The second-order valence-corrected chi connectivity index (χ2v) is 10.0. The van der Waals surface area contributed by atoms with Gasteiger partial charge in [0.15, 0.2) is 0 Å². The maximum absolute atomic E-state index is 12.6. The number of anilines is 2. The SMILES string of the molecule is COc1cccc2c1C(Nc1ccc3cc(NC(=O)NC4CCN(C5CC5)CC4)ccc3n1)CC2. The number of ether oxygens (including phenoxy) is 1. The van der Waals surface area contributed by atoms with Crippen LogP contribution in [0.5, 0.6) is 5.75 Å². The van der Waals surface area contributed by atoms with Crippen LogP contribution in [0.1, 0.15) is 49.3 Å². The molecule has 2 aliphatic carbocycles. The Balaban J connectivity index is 1.08. The molecule has 1 aromatic heterocycles. The normalized spacial score (nSPS) is 20.4. The number of nitrogens with zero attached hydrogens (tertiary/aromatic N) is 2. The Morgan fingerprint density at radius 3 is 2.69 bits per heavy atom. The van der Waals surface area contributed by atoms with Crippen LogP contribution in [0.2, 0.25) is 0 Å². The number of nitrogens with one attached hydrogen (secondary N) is 3. The number of carbonyl (C=O) groups is 1. The highest BCUT2D eigenvalue weighted by atomic mass is 16.5. The van der Waals surface area contributed by atoms with E-state index in [9.17, 15) is 4.79 Å². The van der Waals surface area contributed by atoms with Gasteiger partial charge in [-0.25, -0.2) is 9.78 Å². The first-order chi connectivity index (χ1) is 17.2. The van der Waals surface area contributed by atoms with Crippen LogP contribution >= 0.6 is 0 Å². The summed E-state index contributed by atoms with van der Waals surface area (Å²) in [4.78, 5) is 20.0. The Morgan fingerprint density at radius 2 is 1.89 bits per heavy atom. The first-order valence-electron chi connectivity index (χ1n) is 12.8. The maximum Gasteiger partial charge on any atom is 0.319 e. The number of fused-ring (bicyclic) bond motifs is 2. The van der Waals surface area contributed by atoms with Crippen molar-refractivity contribution in [3.63, 3.8) is 0 Å². The minimum atomic E-state index is -0.130.